The smallest absolute Gasteiger partial charge is 0.0264 e. The first kappa shape index (κ1) is 8.59. The highest BCUT2D eigenvalue weighted by atomic mass is 14.6. The van der Waals surface area contributed by atoms with Gasteiger partial charge in [0.1, 0.15) is 0 Å². The molecule has 2 aliphatic carbocycles. The van der Waals surface area contributed by atoms with Crippen molar-refractivity contribution in [1.29, 1.82) is 0 Å². The lowest BCUT2D eigenvalue weighted by Gasteiger charge is -2.36. The molecule has 0 heterocycles. The molecule has 2 aliphatic rings. The Hall–Kier alpha value is 0. The van der Waals surface area contributed by atoms with Crippen LogP contribution in [-0.2, 0) is 0 Å². The summed E-state index contributed by atoms with van der Waals surface area (Å²) in [6.07, 6.45) is 4.44. The molecule has 0 saturated heterocycles. The Bertz CT molecular complexity index is 184. The highest BCUT2D eigenvalue weighted by Crippen LogP contribution is 2.67. The largest absolute Gasteiger partial charge is 0.0651 e. The summed E-state index contributed by atoms with van der Waals surface area (Å²) in [6.45, 7) is 9.80. The molecule has 0 radical (unpaired) electrons. The number of hydrogen-bond acceptors (Lipinski definition) is 0. The van der Waals surface area contributed by atoms with Gasteiger partial charge in [-0.05, 0) is 41.9 Å². The molecule has 5 unspecified atom stereocenters. The SMILES string of the molecule is CCC1CC(C)C(C)C2(C)CC12. The number of fused-ring (bicyclic) bond motifs is 1. The summed E-state index contributed by atoms with van der Waals surface area (Å²) < 4.78 is 0. The van der Waals surface area contributed by atoms with E-state index in [9.17, 15) is 0 Å². The fourth-order valence-electron chi connectivity index (χ4n) is 3.59. The van der Waals surface area contributed by atoms with Gasteiger partial charge < -0.3 is 0 Å². The first-order valence-corrected chi connectivity index (χ1v) is 5.59. The van der Waals surface area contributed by atoms with E-state index in [1.807, 2.05) is 0 Å². The average Bonchev–Trinajstić information content (AvgIpc) is 2.72. The van der Waals surface area contributed by atoms with Gasteiger partial charge in [0.2, 0.25) is 0 Å². The third-order valence-corrected chi connectivity index (χ3v) is 5.01. The van der Waals surface area contributed by atoms with E-state index in [4.69, 9.17) is 0 Å². The summed E-state index contributed by atoms with van der Waals surface area (Å²) in [5, 5.41) is 0. The zero-order valence-corrected chi connectivity index (χ0v) is 8.93. The molecule has 0 spiro atoms. The van der Waals surface area contributed by atoms with Crippen molar-refractivity contribution in [3.8, 4) is 0 Å². The van der Waals surface area contributed by atoms with Crippen LogP contribution < -0.4 is 0 Å². The molecule has 12 heavy (non-hydrogen) atoms. The van der Waals surface area contributed by atoms with Crippen molar-refractivity contribution in [3.63, 3.8) is 0 Å². The van der Waals surface area contributed by atoms with Crippen molar-refractivity contribution < 1.29 is 0 Å². The molecule has 0 N–H and O–H groups in total. The van der Waals surface area contributed by atoms with E-state index in [-0.39, 0.29) is 0 Å². The van der Waals surface area contributed by atoms with Crippen LogP contribution in [-0.4, -0.2) is 0 Å². The molecule has 0 amide bonds. The van der Waals surface area contributed by atoms with Gasteiger partial charge in [-0.3, -0.25) is 0 Å². The first-order valence-electron chi connectivity index (χ1n) is 5.59. The molecule has 0 aromatic carbocycles. The Morgan fingerprint density at radius 3 is 2.58 bits per heavy atom. The Kier molecular flexibility index (Phi) is 1.79. The van der Waals surface area contributed by atoms with Crippen molar-refractivity contribution in [2.75, 3.05) is 0 Å². The lowest BCUT2D eigenvalue weighted by Crippen LogP contribution is -2.29. The van der Waals surface area contributed by atoms with E-state index < -0.39 is 0 Å². The maximum atomic E-state index is 2.51. The Morgan fingerprint density at radius 2 is 2.00 bits per heavy atom. The maximum Gasteiger partial charge on any atom is -0.0264 e. The summed E-state index contributed by atoms with van der Waals surface area (Å²) >= 11 is 0. The molecule has 0 nitrogen and oxygen atoms in total. The fourth-order valence-corrected chi connectivity index (χ4v) is 3.59. The zero-order chi connectivity index (χ0) is 8.93. The minimum absolute atomic E-state index is 0.748. The highest BCUT2D eigenvalue weighted by Gasteiger charge is 2.60. The van der Waals surface area contributed by atoms with Crippen molar-refractivity contribution in [3.05, 3.63) is 0 Å². The second kappa shape index (κ2) is 2.49. The van der Waals surface area contributed by atoms with Crippen LogP contribution in [0.25, 0.3) is 0 Å². The predicted octanol–water partition coefficient (Wildman–Crippen LogP) is 3.71. The van der Waals surface area contributed by atoms with E-state index in [1.54, 1.807) is 0 Å². The van der Waals surface area contributed by atoms with E-state index in [0.717, 1.165) is 29.1 Å². The summed E-state index contributed by atoms with van der Waals surface area (Å²) in [4.78, 5) is 0. The van der Waals surface area contributed by atoms with Gasteiger partial charge in [-0.25, -0.2) is 0 Å². The molecular weight excluding hydrogens is 144 g/mol. The zero-order valence-electron chi connectivity index (χ0n) is 8.93. The third kappa shape index (κ3) is 0.963. The van der Waals surface area contributed by atoms with E-state index >= 15 is 0 Å². The van der Waals surface area contributed by atoms with Crippen molar-refractivity contribution in [2.24, 2.45) is 29.1 Å². The van der Waals surface area contributed by atoms with Crippen LogP contribution in [0.2, 0.25) is 0 Å². The number of hydrogen-bond donors (Lipinski definition) is 0. The summed E-state index contributed by atoms with van der Waals surface area (Å²) in [5.41, 5.74) is 0.748. The van der Waals surface area contributed by atoms with Gasteiger partial charge in [0.25, 0.3) is 0 Å². The molecule has 5 atom stereocenters. The second-order valence-corrected chi connectivity index (χ2v) is 5.49. The van der Waals surface area contributed by atoms with Crippen LogP contribution >= 0.6 is 0 Å². The minimum Gasteiger partial charge on any atom is -0.0651 e. The lowest BCUT2D eigenvalue weighted by atomic mass is 9.69. The molecule has 2 fully saturated rings. The van der Waals surface area contributed by atoms with E-state index in [0.29, 0.717) is 0 Å². The third-order valence-electron chi connectivity index (χ3n) is 5.01. The Morgan fingerprint density at radius 1 is 1.33 bits per heavy atom. The molecule has 0 aromatic rings. The summed E-state index contributed by atoms with van der Waals surface area (Å²) in [5.74, 6) is 4.10. The van der Waals surface area contributed by atoms with Crippen molar-refractivity contribution in [1.82, 2.24) is 0 Å². The van der Waals surface area contributed by atoms with Crippen molar-refractivity contribution in [2.45, 2.75) is 47.0 Å². The van der Waals surface area contributed by atoms with Gasteiger partial charge in [-0.1, -0.05) is 34.1 Å². The van der Waals surface area contributed by atoms with E-state index in [2.05, 4.69) is 27.7 Å². The molecule has 0 aromatic heterocycles. The normalized spacial score (nSPS) is 58.0. The summed E-state index contributed by atoms with van der Waals surface area (Å²) in [6, 6.07) is 0. The predicted molar refractivity (Wildman–Crippen MR) is 52.9 cm³/mol. The van der Waals surface area contributed by atoms with Gasteiger partial charge in [-0.2, -0.15) is 0 Å². The van der Waals surface area contributed by atoms with Gasteiger partial charge >= 0.3 is 0 Å². The molecule has 70 valence electrons. The standard InChI is InChI=1S/C12H22/c1-5-10-6-8(2)9(3)12(4)7-11(10)12/h8-11H,5-7H2,1-4H3. The van der Waals surface area contributed by atoms with Crippen LogP contribution in [0.15, 0.2) is 0 Å². The fraction of sp³-hybridized carbons (Fsp3) is 1.00. The van der Waals surface area contributed by atoms with Gasteiger partial charge in [0.15, 0.2) is 0 Å². The monoisotopic (exact) mass is 166 g/mol. The Labute approximate surface area is 76.7 Å². The van der Waals surface area contributed by atoms with Crippen LogP contribution in [0.4, 0.5) is 0 Å². The quantitative estimate of drug-likeness (QED) is 0.557. The number of rotatable bonds is 1. The molecule has 2 rings (SSSR count). The second-order valence-electron chi connectivity index (χ2n) is 5.49. The minimum atomic E-state index is 0.748. The van der Waals surface area contributed by atoms with E-state index in [1.165, 1.54) is 19.3 Å². The Balaban J connectivity index is 2.13. The van der Waals surface area contributed by atoms with Crippen molar-refractivity contribution >= 4 is 0 Å². The van der Waals surface area contributed by atoms with Gasteiger partial charge in [-0.15, -0.1) is 0 Å². The van der Waals surface area contributed by atoms with Crippen LogP contribution in [0.5, 0.6) is 0 Å². The maximum absolute atomic E-state index is 2.51. The molecule has 2 saturated carbocycles. The van der Waals surface area contributed by atoms with Crippen LogP contribution in [0.3, 0.4) is 0 Å². The lowest BCUT2D eigenvalue weighted by molar-refractivity contribution is 0.128. The van der Waals surface area contributed by atoms with Gasteiger partial charge in [0.05, 0.1) is 0 Å². The van der Waals surface area contributed by atoms with Crippen LogP contribution in [0, 0.1) is 29.1 Å². The molecule has 0 aliphatic heterocycles. The highest BCUT2D eigenvalue weighted by molar-refractivity contribution is 5.08. The first-order chi connectivity index (χ1) is 5.59. The molecule has 0 heteroatoms. The van der Waals surface area contributed by atoms with Crippen LogP contribution in [0.1, 0.15) is 47.0 Å². The molecular formula is C12H22. The topological polar surface area (TPSA) is 0 Å². The summed E-state index contributed by atoms with van der Waals surface area (Å²) in [7, 11) is 0. The average molecular weight is 166 g/mol. The van der Waals surface area contributed by atoms with Gasteiger partial charge in [0, 0.05) is 0 Å². The molecule has 0 bridgehead atoms.